The Labute approximate surface area is 121 Å². The Balaban J connectivity index is 2.33. The fraction of sp³-hybridized carbons (Fsp3) is 0.143. The molecule has 3 N–H and O–H groups in total. The molecule has 5 nitrogen and oxygen atoms in total. The molecule has 0 aliphatic rings. The van der Waals surface area contributed by atoms with Crippen molar-refractivity contribution in [1.82, 2.24) is 4.98 Å². The second-order valence-corrected chi connectivity index (χ2v) is 4.92. The molecule has 0 bridgehead atoms. The van der Waals surface area contributed by atoms with Crippen LogP contribution in [0.15, 0.2) is 46.6 Å². The topological polar surface area (TPSA) is 80.7 Å². The van der Waals surface area contributed by atoms with Gasteiger partial charge >= 0.3 is 0 Å². The van der Waals surface area contributed by atoms with E-state index < -0.39 is 0 Å². The molecule has 0 aliphatic heterocycles. The van der Waals surface area contributed by atoms with Crippen molar-refractivity contribution in [1.29, 1.82) is 0 Å². The summed E-state index contributed by atoms with van der Waals surface area (Å²) in [4.78, 5) is 5.31. The van der Waals surface area contributed by atoms with E-state index in [0.717, 1.165) is 5.56 Å². The molecule has 1 heterocycles. The minimum absolute atomic E-state index is 0.0365. The lowest BCUT2D eigenvalue weighted by atomic mass is 10.2. The van der Waals surface area contributed by atoms with Crippen LogP contribution in [-0.2, 0) is 0 Å². The van der Waals surface area contributed by atoms with E-state index in [1.54, 1.807) is 30.1 Å². The van der Waals surface area contributed by atoms with Crippen LogP contribution < -0.4 is 10.5 Å². The fourth-order valence-electron chi connectivity index (χ4n) is 1.75. The van der Waals surface area contributed by atoms with Crippen molar-refractivity contribution >= 4 is 17.6 Å². The molecule has 2 rings (SSSR count). The highest BCUT2D eigenvalue weighted by molar-refractivity contribution is 7.98. The second kappa shape index (κ2) is 6.29. The number of benzene rings is 1. The van der Waals surface area contributed by atoms with Crippen molar-refractivity contribution in [2.24, 2.45) is 10.9 Å². The summed E-state index contributed by atoms with van der Waals surface area (Å²) in [6.45, 7) is 2.02. The Bertz CT molecular complexity index is 644. The van der Waals surface area contributed by atoms with E-state index in [9.17, 15) is 0 Å². The van der Waals surface area contributed by atoms with Crippen LogP contribution in [-0.4, -0.2) is 22.3 Å². The molecule has 20 heavy (non-hydrogen) atoms. The van der Waals surface area contributed by atoms with Crippen molar-refractivity contribution < 1.29 is 9.94 Å². The number of hydrogen-bond donors (Lipinski definition) is 2. The second-order valence-electron chi connectivity index (χ2n) is 4.07. The first-order valence-electron chi connectivity index (χ1n) is 5.91. The van der Waals surface area contributed by atoms with Crippen LogP contribution in [0.2, 0.25) is 0 Å². The summed E-state index contributed by atoms with van der Waals surface area (Å²) < 4.78 is 5.72. The van der Waals surface area contributed by atoms with Gasteiger partial charge in [-0.3, -0.25) is 0 Å². The van der Waals surface area contributed by atoms with Crippen LogP contribution in [0.1, 0.15) is 11.1 Å². The Hall–Kier alpha value is -2.21. The maximum Gasteiger partial charge on any atom is 0.230 e. The summed E-state index contributed by atoms with van der Waals surface area (Å²) in [5.74, 6) is 0.927. The van der Waals surface area contributed by atoms with Crippen LogP contribution in [0.25, 0.3) is 0 Å². The van der Waals surface area contributed by atoms with E-state index in [1.807, 2.05) is 31.4 Å². The number of oxime groups is 1. The van der Waals surface area contributed by atoms with Crippen molar-refractivity contribution in [3.05, 3.63) is 47.7 Å². The summed E-state index contributed by atoms with van der Waals surface area (Å²) >= 11 is 1.68. The number of aryl methyl sites for hydroxylation is 1. The van der Waals surface area contributed by atoms with Crippen molar-refractivity contribution in [3.63, 3.8) is 0 Å². The lowest BCUT2D eigenvalue weighted by Crippen LogP contribution is -2.14. The van der Waals surface area contributed by atoms with E-state index >= 15 is 0 Å². The first-order chi connectivity index (χ1) is 9.65. The van der Waals surface area contributed by atoms with Gasteiger partial charge in [-0.1, -0.05) is 5.16 Å². The van der Waals surface area contributed by atoms with Crippen LogP contribution >= 0.6 is 11.8 Å². The lowest BCUT2D eigenvalue weighted by molar-refractivity contribution is 0.318. The number of pyridine rings is 1. The van der Waals surface area contributed by atoms with Crippen LogP contribution in [0.5, 0.6) is 11.6 Å². The molecule has 0 saturated carbocycles. The van der Waals surface area contributed by atoms with Gasteiger partial charge in [-0.05, 0) is 49.1 Å². The van der Waals surface area contributed by atoms with Gasteiger partial charge in [0.1, 0.15) is 5.75 Å². The molecule has 0 spiro atoms. The number of ether oxygens (including phenoxy) is 1. The highest BCUT2D eigenvalue weighted by atomic mass is 32.2. The summed E-state index contributed by atoms with van der Waals surface area (Å²) in [5, 5.41) is 11.7. The molecule has 0 atom stereocenters. The first kappa shape index (κ1) is 14.2. The SMILES string of the molecule is CSc1ccc(Oc2ncccc2/C(N)=N/O)cc1C. The first-order valence-corrected chi connectivity index (χ1v) is 7.13. The van der Waals surface area contributed by atoms with Gasteiger partial charge in [-0.25, -0.2) is 4.98 Å². The van der Waals surface area contributed by atoms with E-state index in [4.69, 9.17) is 15.7 Å². The number of nitrogens with two attached hydrogens (primary N) is 1. The van der Waals surface area contributed by atoms with Gasteiger partial charge in [0, 0.05) is 11.1 Å². The lowest BCUT2D eigenvalue weighted by Gasteiger charge is -2.10. The molecule has 0 saturated heterocycles. The summed E-state index contributed by atoms with van der Waals surface area (Å²) in [6.07, 6.45) is 3.62. The number of aromatic nitrogens is 1. The molecule has 0 radical (unpaired) electrons. The minimum Gasteiger partial charge on any atom is -0.438 e. The smallest absolute Gasteiger partial charge is 0.230 e. The quantitative estimate of drug-likeness (QED) is 0.297. The normalized spacial score (nSPS) is 11.4. The number of hydrogen-bond acceptors (Lipinski definition) is 5. The zero-order chi connectivity index (χ0) is 14.5. The highest BCUT2D eigenvalue weighted by Gasteiger charge is 2.10. The van der Waals surface area contributed by atoms with E-state index in [-0.39, 0.29) is 5.84 Å². The third-order valence-corrected chi connectivity index (χ3v) is 3.63. The fourth-order valence-corrected chi connectivity index (χ4v) is 2.33. The van der Waals surface area contributed by atoms with Crippen molar-refractivity contribution in [2.45, 2.75) is 11.8 Å². The molecule has 0 fully saturated rings. The highest BCUT2D eigenvalue weighted by Crippen LogP contribution is 2.28. The molecule has 1 aromatic carbocycles. The molecule has 1 aromatic heterocycles. The van der Waals surface area contributed by atoms with Crippen LogP contribution in [0, 0.1) is 6.92 Å². The zero-order valence-corrected chi connectivity index (χ0v) is 12.0. The largest absolute Gasteiger partial charge is 0.438 e. The third kappa shape index (κ3) is 3.03. The Morgan fingerprint density at radius 1 is 1.40 bits per heavy atom. The predicted molar refractivity (Wildman–Crippen MR) is 79.8 cm³/mol. The molecule has 2 aromatic rings. The van der Waals surface area contributed by atoms with Crippen molar-refractivity contribution in [3.8, 4) is 11.6 Å². The number of thioether (sulfide) groups is 1. The molecular formula is C14H15N3O2S. The molecule has 0 unspecified atom stereocenters. The van der Waals surface area contributed by atoms with Gasteiger partial charge in [-0.15, -0.1) is 11.8 Å². The Kier molecular flexibility index (Phi) is 4.47. The van der Waals surface area contributed by atoms with E-state index in [2.05, 4.69) is 10.1 Å². The Morgan fingerprint density at radius 2 is 2.20 bits per heavy atom. The summed E-state index contributed by atoms with van der Waals surface area (Å²) in [7, 11) is 0. The van der Waals surface area contributed by atoms with Crippen molar-refractivity contribution in [2.75, 3.05) is 6.26 Å². The van der Waals surface area contributed by atoms with E-state index in [0.29, 0.717) is 17.2 Å². The maximum absolute atomic E-state index is 8.77. The average molecular weight is 289 g/mol. The monoisotopic (exact) mass is 289 g/mol. The van der Waals surface area contributed by atoms with E-state index in [1.165, 1.54) is 4.90 Å². The van der Waals surface area contributed by atoms with Gasteiger partial charge in [0.2, 0.25) is 5.88 Å². The van der Waals surface area contributed by atoms with Gasteiger partial charge in [0.05, 0.1) is 5.56 Å². The molecule has 104 valence electrons. The molecule has 0 aliphatic carbocycles. The zero-order valence-electron chi connectivity index (χ0n) is 11.2. The molecular weight excluding hydrogens is 274 g/mol. The molecule has 0 amide bonds. The average Bonchev–Trinajstić information content (AvgIpc) is 2.47. The maximum atomic E-state index is 8.77. The summed E-state index contributed by atoms with van der Waals surface area (Å²) in [6, 6.07) is 9.16. The molecule has 6 heteroatoms. The Morgan fingerprint density at radius 3 is 2.85 bits per heavy atom. The van der Waals surface area contributed by atoms with Crippen LogP contribution in [0.4, 0.5) is 0 Å². The minimum atomic E-state index is -0.0365. The third-order valence-electron chi connectivity index (χ3n) is 2.74. The number of nitrogens with zero attached hydrogens (tertiary/aromatic N) is 2. The van der Waals surface area contributed by atoms with Crippen LogP contribution in [0.3, 0.4) is 0 Å². The van der Waals surface area contributed by atoms with Gasteiger partial charge in [0.15, 0.2) is 5.84 Å². The van der Waals surface area contributed by atoms with Gasteiger partial charge in [-0.2, -0.15) is 0 Å². The van der Waals surface area contributed by atoms with Gasteiger partial charge in [0.25, 0.3) is 0 Å². The number of amidine groups is 1. The standard InChI is InChI=1S/C14H15N3O2S/c1-9-8-10(5-6-12(9)20-2)19-14-11(13(15)17-18)4-3-7-16-14/h3-8,18H,1-2H3,(H2,15,17). The number of rotatable bonds is 4. The summed E-state index contributed by atoms with van der Waals surface area (Å²) in [5.41, 5.74) is 7.17. The van der Waals surface area contributed by atoms with Gasteiger partial charge < -0.3 is 15.7 Å². The predicted octanol–water partition coefficient (Wildman–Crippen LogP) is 3.00.